The molecule has 2 aromatic rings. The highest BCUT2D eigenvalue weighted by Crippen LogP contribution is 2.21. The molecule has 1 heterocycles. The largest absolute Gasteiger partial charge is 0.494 e. The third kappa shape index (κ3) is 3.77. The summed E-state index contributed by atoms with van der Waals surface area (Å²) < 4.78 is 5.42. The van der Waals surface area contributed by atoms with E-state index in [4.69, 9.17) is 4.74 Å². The predicted octanol–water partition coefficient (Wildman–Crippen LogP) is 3.47. The Kier molecular flexibility index (Phi) is 5.16. The van der Waals surface area contributed by atoms with Gasteiger partial charge in [-0.3, -0.25) is 9.69 Å². The lowest BCUT2D eigenvalue weighted by molar-refractivity contribution is -0.121. The van der Waals surface area contributed by atoms with Crippen molar-refractivity contribution in [2.75, 3.05) is 18.5 Å². The third-order valence-corrected chi connectivity index (χ3v) is 4.52. The number of benzene rings is 2. The SMILES string of the molecule is CCOc1ccc(NC(=O)C(C)N2CCc3ccccc3C2)cc1. The molecular formula is C20H24N2O2. The van der Waals surface area contributed by atoms with Gasteiger partial charge in [-0.05, 0) is 55.7 Å². The molecule has 3 rings (SSSR count). The molecule has 2 aromatic carbocycles. The molecule has 126 valence electrons. The second-order valence-electron chi connectivity index (χ2n) is 6.11. The summed E-state index contributed by atoms with van der Waals surface area (Å²) in [5.41, 5.74) is 3.52. The van der Waals surface area contributed by atoms with Crippen molar-refractivity contribution in [3.63, 3.8) is 0 Å². The maximum atomic E-state index is 12.6. The third-order valence-electron chi connectivity index (χ3n) is 4.52. The smallest absolute Gasteiger partial charge is 0.241 e. The van der Waals surface area contributed by atoms with Crippen LogP contribution < -0.4 is 10.1 Å². The normalized spacial score (nSPS) is 15.4. The minimum absolute atomic E-state index is 0.0264. The average molecular weight is 324 g/mol. The first kappa shape index (κ1) is 16.5. The highest BCUT2D eigenvalue weighted by Gasteiger charge is 2.25. The minimum atomic E-state index is -0.162. The summed E-state index contributed by atoms with van der Waals surface area (Å²) in [6, 6.07) is 15.8. The lowest BCUT2D eigenvalue weighted by Crippen LogP contribution is -2.44. The zero-order valence-electron chi connectivity index (χ0n) is 14.3. The number of rotatable bonds is 5. The molecule has 0 aromatic heterocycles. The molecule has 4 heteroatoms. The summed E-state index contributed by atoms with van der Waals surface area (Å²) in [7, 11) is 0. The lowest BCUT2D eigenvalue weighted by Gasteiger charge is -2.32. The molecular weight excluding hydrogens is 300 g/mol. The Morgan fingerprint density at radius 3 is 2.58 bits per heavy atom. The molecule has 24 heavy (non-hydrogen) atoms. The van der Waals surface area contributed by atoms with E-state index in [1.807, 2.05) is 38.1 Å². The number of fused-ring (bicyclic) bond motifs is 1. The van der Waals surface area contributed by atoms with Gasteiger partial charge in [0.25, 0.3) is 0 Å². The van der Waals surface area contributed by atoms with Crippen molar-refractivity contribution in [2.45, 2.75) is 32.9 Å². The lowest BCUT2D eigenvalue weighted by atomic mass is 9.99. The van der Waals surface area contributed by atoms with Crippen LogP contribution in [0.1, 0.15) is 25.0 Å². The van der Waals surface area contributed by atoms with Gasteiger partial charge in [-0.2, -0.15) is 0 Å². The van der Waals surface area contributed by atoms with Gasteiger partial charge in [0.1, 0.15) is 5.75 Å². The van der Waals surface area contributed by atoms with E-state index in [0.717, 1.165) is 30.9 Å². The summed E-state index contributed by atoms with van der Waals surface area (Å²) in [5.74, 6) is 0.842. The fourth-order valence-electron chi connectivity index (χ4n) is 3.06. The van der Waals surface area contributed by atoms with E-state index in [1.165, 1.54) is 11.1 Å². The van der Waals surface area contributed by atoms with Gasteiger partial charge in [-0.1, -0.05) is 24.3 Å². The Hall–Kier alpha value is -2.33. The summed E-state index contributed by atoms with van der Waals surface area (Å²) in [6.07, 6.45) is 0.997. The monoisotopic (exact) mass is 324 g/mol. The van der Waals surface area contributed by atoms with Crippen LogP contribution >= 0.6 is 0 Å². The Bertz CT molecular complexity index is 697. The van der Waals surface area contributed by atoms with Gasteiger partial charge in [0.2, 0.25) is 5.91 Å². The fourth-order valence-corrected chi connectivity index (χ4v) is 3.06. The molecule has 1 atom stereocenters. The van der Waals surface area contributed by atoms with Crippen molar-refractivity contribution in [1.82, 2.24) is 4.90 Å². The molecule has 1 aliphatic rings. The molecule has 0 aliphatic carbocycles. The Labute approximate surface area is 143 Å². The summed E-state index contributed by atoms with van der Waals surface area (Å²) >= 11 is 0. The number of nitrogens with one attached hydrogen (secondary N) is 1. The van der Waals surface area contributed by atoms with E-state index in [2.05, 4.69) is 34.5 Å². The van der Waals surface area contributed by atoms with Crippen LogP contribution in [-0.4, -0.2) is 30.0 Å². The number of hydrogen-bond donors (Lipinski definition) is 1. The standard InChI is InChI=1S/C20H24N2O2/c1-3-24-19-10-8-18(9-11-19)21-20(23)15(2)22-13-12-16-6-4-5-7-17(16)14-22/h4-11,15H,3,12-14H2,1-2H3,(H,21,23). The van der Waals surface area contributed by atoms with E-state index in [0.29, 0.717) is 6.61 Å². The van der Waals surface area contributed by atoms with Crippen LogP contribution in [0.4, 0.5) is 5.69 Å². The molecule has 1 unspecified atom stereocenters. The summed E-state index contributed by atoms with van der Waals surface area (Å²) in [6.45, 7) is 6.30. The van der Waals surface area contributed by atoms with E-state index in [1.54, 1.807) is 0 Å². The van der Waals surface area contributed by atoms with Gasteiger partial charge in [0.15, 0.2) is 0 Å². The van der Waals surface area contributed by atoms with E-state index in [-0.39, 0.29) is 11.9 Å². The van der Waals surface area contributed by atoms with Crippen molar-refractivity contribution < 1.29 is 9.53 Å². The van der Waals surface area contributed by atoms with Crippen LogP contribution in [-0.2, 0) is 17.8 Å². The number of carbonyl (C=O) groups is 1. The second kappa shape index (κ2) is 7.49. The van der Waals surface area contributed by atoms with Crippen LogP contribution in [0.15, 0.2) is 48.5 Å². The first-order valence-corrected chi connectivity index (χ1v) is 8.52. The summed E-state index contributed by atoms with van der Waals surface area (Å²) in [5, 5.41) is 3.00. The van der Waals surface area contributed by atoms with E-state index >= 15 is 0 Å². The second-order valence-corrected chi connectivity index (χ2v) is 6.11. The molecule has 0 saturated carbocycles. The average Bonchev–Trinajstić information content (AvgIpc) is 2.62. The Balaban J connectivity index is 1.61. The van der Waals surface area contributed by atoms with Crippen LogP contribution in [0.5, 0.6) is 5.75 Å². The van der Waals surface area contributed by atoms with Crippen LogP contribution in [0.2, 0.25) is 0 Å². The number of carbonyl (C=O) groups excluding carboxylic acids is 1. The van der Waals surface area contributed by atoms with E-state index < -0.39 is 0 Å². The predicted molar refractivity (Wildman–Crippen MR) is 96.3 cm³/mol. The van der Waals surface area contributed by atoms with Gasteiger partial charge >= 0.3 is 0 Å². The van der Waals surface area contributed by atoms with Crippen molar-refractivity contribution in [3.05, 3.63) is 59.7 Å². The van der Waals surface area contributed by atoms with Crippen molar-refractivity contribution in [3.8, 4) is 5.75 Å². The van der Waals surface area contributed by atoms with Crippen molar-refractivity contribution in [1.29, 1.82) is 0 Å². The number of anilines is 1. The van der Waals surface area contributed by atoms with Gasteiger partial charge < -0.3 is 10.1 Å². The Morgan fingerprint density at radius 1 is 1.17 bits per heavy atom. The molecule has 1 amide bonds. The van der Waals surface area contributed by atoms with Crippen molar-refractivity contribution in [2.24, 2.45) is 0 Å². The van der Waals surface area contributed by atoms with Gasteiger partial charge in [-0.15, -0.1) is 0 Å². The molecule has 0 saturated heterocycles. The fraction of sp³-hybridized carbons (Fsp3) is 0.350. The summed E-state index contributed by atoms with van der Waals surface area (Å²) in [4.78, 5) is 14.8. The molecule has 4 nitrogen and oxygen atoms in total. The number of nitrogens with zero attached hydrogens (tertiary/aromatic N) is 1. The van der Waals surface area contributed by atoms with Crippen LogP contribution in [0, 0.1) is 0 Å². The molecule has 0 fully saturated rings. The maximum Gasteiger partial charge on any atom is 0.241 e. The zero-order valence-corrected chi connectivity index (χ0v) is 14.3. The quantitative estimate of drug-likeness (QED) is 0.915. The van der Waals surface area contributed by atoms with E-state index in [9.17, 15) is 4.79 Å². The number of amides is 1. The number of ether oxygens (including phenoxy) is 1. The van der Waals surface area contributed by atoms with Gasteiger partial charge in [-0.25, -0.2) is 0 Å². The van der Waals surface area contributed by atoms with Crippen LogP contribution in [0.25, 0.3) is 0 Å². The molecule has 0 radical (unpaired) electrons. The van der Waals surface area contributed by atoms with Gasteiger partial charge in [0, 0.05) is 18.8 Å². The molecule has 0 spiro atoms. The molecule has 1 N–H and O–H groups in total. The molecule has 1 aliphatic heterocycles. The Morgan fingerprint density at radius 2 is 1.88 bits per heavy atom. The molecule has 0 bridgehead atoms. The topological polar surface area (TPSA) is 41.6 Å². The number of hydrogen-bond acceptors (Lipinski definition) is 3. The maximum absolute atomic E-state index is 12.6. The first-order valence-electron chi connectivity index (χ1n) is 8.52. The van der Waals surface area contributed by atoms with Crippen LogP contribution in [0.3, 0.4) is 0 Å². The first-order chi connectivity index (χ1) is 11.7. The highest BCUT2D eigenvalue weighted by molar-refractivity contribution is 5.94. The van der Waals surface area contributed by atoms with Gasteiger partial charge in [0.05, 0.1) is 12.6 Å². The highest BCUT2D eigenvalue weighted by atomic mass is 16.5. The van der Waals surface area contributed by atoms with Crippen molar-refractivity contribution >= 4 is 11.6 Å². The zero-order chi connectivity index (χ0) is 16.9. The minimum Gasteiger partial charge on any atom is -0.494 e.